The molecule has 1 aromatic rings. The molecule has 0 spiro atoms. The maximum Gasteiger partial charge on any atom is 0.0638 e. The summed E-state index contributed by atoms with van der Waals surface area (Å²) in [6, 6.07) is 0. The molecular weight excluding hydrogens is 176 g/mol. The summed E-state index contributed by atoms with van der Waals surface area (Å²) in [6.45, 7) is 7.61. The van der Waals surface area contributed by atoms with Gasteiger partial charge in [0.15, 0.2) is 0 Å². The highest BCUT2D eigenvalue weighted by Crippen LogP contribution is 2.05. The van der Waals surface area contributed by atoms with E-state index in [-0.39, 0.29) is 0 Å². The SMILES string of the molecule is CCCn1cc(CNCCN)c(C)n1. The van der Waals surface area contributed by atoms with Gasteiger partial charge in [0.05, 0.1) is 5.69 Å². The Morgan fingerprint density at radius 3 is 3.00 bits per heavy atom. The normalized spacial score (nSPS) is 10.8. The van der Waals surface area contributed by atoms with Crippen LogP contribution in [-0.2, 0) is 13.1 Å². The van der Waals surface area contributed by atoms with Crippen molar-refractivity contribution in [1.82, 2.24) is 15.1 Å². The Bertz CT molecular complexity index is 267. The maximum atomic E-state index is 5.40. The van der Waals surface area contributed by atoms with Gasteiger partial charge in [-0.3, -0.25) is 4.68 Å². The number of rotatable bonds is 6. The van der Waals surface area contributed by atoms with Gasteiger partial charge in [0.2, 0.25) is 0 Å². The first-order valence-electron chi connectivity index (χ1n) is 5.21. The number of nitrogens with one attached hydrogen (secondary N) is 1. The fourth-order valence-corrected chi connectivity index (χ4v) is 1.40. The van der Waals surface area contributed by atoms with Gasteiger partial charge in [-0.15, -0.1) is 0 Å². The zero-order valence-electron chi connectivity index (χ0n) is 9.08. The highest BCUT2D eigenvalue weighted by Gasteiger charge is 2.02. The summed E-state index contributed by atoms with van der Waals surface area (Å²) in [4.78, 5) is 0. The van der Waals surface area contributed by atoms with Crippen molar-refractivity contribution in [1.29, 1.82) is 0 Å². The topological polar surface area (TPSA) is 55.9 Å². The highest BCUT2D eigenvalue weighted by molar-refractivity contribution is 5.14. The van der Waals surface area contributed by atoms with Gasteiger partial charge >= 0.3 is 0 Å². The molecule has 0 amide bonds. The Morgan fingerprint density at radius 2 is 2.36 bits per heavy atom. The van der Waals surface area contributed by atoms with Crippen molar-refractivity contribution in [2.24, 2.45) is 5.73 Å². The third-order valence-corrected chi connectivity index (χ3v) is 2.14. The zero-order chi connectivity index (χ0) is 10.4. The Kier molecular flexibility index (Phi) is 4.62. The number of nitrogens with two attached hydrogens (primary N) is 1. The van der Waals surface area contributed by atoms with Crippen molar-refractivity contribution in [3.05, 3.63) is 17.5 Å². The fraction of sp³-hybridized carbons (Fsp3) is 0.700. The van der Waals surface area contributed by atoms with Crippen LogP contribution in [-0.4, -0.2) is 22.9 Å². The fourth-order valence-electron chi connectivity index (χ4n) is 1.40. The first-order valence-corrected chi connectivity index (χ1v) is 5.21. The van der Waals surface area contributed by atoms with Crippen LogP contribution in [0.4, 0.5) is 0 Å². The van der Waals surface area contributed by atoms with Crippen LogP contribution < -0.4 is 11.1 Å². The second-order valence-electron chi connectivity index (χ2n) is 3.47. The maximum absolute atomic E-state index is 5.40. The lowest BCUT2D eigenvalue weighted by Crippen LogP contribution is -2.21. The van der Waals surface area contributed by atoms with Crippen molar-refractivity contribution in [2.45, 2.75) is 33.4 Å². The third-order valence-electron chi connectivity index (χ3n) is 2.14. The molecule has 1 rings (SSSR count). The summed E-state index contributed by atoms with van der Waals surface area (Å²) in [5, 5.41) is 7.69. The van der Waals surface area contributed by atoms with E-state index in [1.807, 2.05) is 11.6 Å². The summed E-state index contributed by atoms with van der Waals surface area (Å²) >= 11 is 0. The Balaban J connectivity index is 2.49. The number of aromatic nitrogens is 2. The molecule has 0 aliphatic rings. The van der Waals surface area contributed by atoms with E-state index in [0.717, 1.165) is 31.7 Å². The van der Waals surface area contributed by atoms with E-state index in [2.05, 4.69) is 23.5 Å². The van der Waals surface area contributed by atoms with Gasteiger partial charge in [-0.2, -0.15) is 5.10 Å². The quantitative estimate of drug-likeness (QED) is 0.657. The third kappa shape index (κ3) is 3.12. The van der Waals surface area contributed by atoms with E-state index in [4.69, 9.17) is 5.73 Å². The van der Waals surface area contributed by atoms with Crippen molar-refractivity contribution < 1.29 is 0 Å². The van der Waals surface area contributed by atoms with Crippen LogP contribution in [0.1, 0.15) is 24.6 Å². The van der Waals surface area contributed by atoms with Gasteiger partial charge in [-0.25, -0.2) is 0 Å². The molecule has 0 radical (unpaired) electrons. The Hall–Kier alpha value is -0.870. The highest BCUT2D eigenvalue weighted by atomic mass is 15.3. The molecular formula is C10H20N4. The average molecular weight is 196 g/mol. The number of hydrogen-bond acceptors (Lipinski definition) is 3. The smallest absolute Gasteiger partial charge is 0.0638 e. The number of nitrogens with zero attached hydrogens (tertiary/aromatic N) is 2. The van der Waals surface area contributed by atoms with Gasteiger partial charge in [-0.1, -0.05) is 6.92 Å². The van der Waals surface area contributed by atoms with E-state index >= 15 is 0 Å². The zero-order valence-corrected chi connectivity index (χ0v) is 9.08. The van der Waals surface area contributed by atoms with Crippen LogP contribution >= 0.6 is 0 Å². The number of aryl methyl sites for hydroxylation is 2. The van der Waals surface area contributed by atoms with Crippen LogP contribution in [0.2, 0.25) is 0 Å². The molecule has 80 valence electrons. The molecule has 0 unspecified atom stereocenters. The predicted molar refractivity (Wildman–Crippen MR) is 58.0 cm³/mol. The average Bonchev–Trinajstić information content (AvgIpc) is 2.48. The van der Waals surface area contributed by atoms with Crippen molar-refractivity contribution in [3.63, 3.8) is 0 Å². The predicted octanol–water partition coefficient (Wildman–Crippen LogP) is 0.650. The van der Waals surface area contributed by atoms with Crippen LogP contribution in [0, 0.1) is 6.92 Å². The molecule has 14 heavy (non-hydrogen) atoms. The molecule has 0 aliphatic carbocycles. The van der Waals surface area contributed by atoms with Crippen LogP contribution in [0.15, 0.2) is 6.20 Å². The van der Waals surface area contributed by atoms with E-state index < -0.39 is 0 Å². The molecule has 0 aliphatic heterocycles. The summed E-state index contributed by atoms with van der Waals surface area (Å²) in [6.07, 6.45) is 3.24. The van der Waals surface area contributed by atoms with Gasteiger partial charge in [-0.05, 0) is 13.3 Å². The second-order valence-corrected chi connectivity index (χ2v) is 3.47. The monoisotopic (exact) mass is 196 g/mol. The minimum atomic E-state index is 0.683. The van der Waals surface area contributed by atoms with Crippen LogP contribution in [0.5, 0.6) is 0 Å². The molecule has 0 saturated carbocycles. The molecule has 0 atom stereocenters. The lowest BCUT2D eigenvalue weighted by molar-refractivity contribution is 0.597. The Labute approximate surface area is 85.5 Å². The summed E-state index contributed by atoms with van der Waals surface area (Å²) in [5.41, 5.74) is 7.78. The second kappa shape index (κ2) is 5.78. The minimum Gasteiger partial charge on any atom is -0.329 e. The first-order chi connectivity index (χ1) is 6.77. The molecule has 0 saturated heterocycles. The van der Waals surface area contributed by atoms with Gasteiger partial charge in [0.25, 0.3) is 0 Å². The lowest BCUT2D eigenvalue weighted by Gasteiger charge is -2.00. The molecule has 0 fully saturated rings. The lowest BCUT2D eigenvalue weighted by atomic mass is 10.2. The van der Waals surface area contributed by atoms with E-state index in [9.17, 15) is 0 Å². The van der Waals surface area contributed by atoms with Crippen molar-refractivity contribution >= 4 is 0 Å². The first kappa shape index (κ1) is 11.2. The summed E-state index contributed by atoms with van der Waals surface area (Å²) < 4.78 is 2.01. The summed E-state index contributed by atoms with van der Waals surface area (Å²) in [7, 11) is 0. The van der Waals surface area contributed by atoms with Crippen LogP contribution in [0.3, 0.4) is 0 Å². The Morgan fingerprint density at radius 1 is 1.57 bits per heavy atom. The molecule has 1 heterocycles. The molecule has 4 nitrogen and oxygen atoms in total. The minimum absolute atomic E-state index is 0.683. The van der Waals surface area contributed by atoms with Crippen molar-refractivity contribution in [2.75, 3.05) is 13.1 Å². The molecule has 0 bridgehead atoms. The van der Waals surface area contributed by atoms with E-state index in [1.54, 1.807) is 0 Å². The van der Waals surface area contributed by atoms with Gasteiger partial charge in [0.1, 0.15) is 0 Å². The molecule has 4 heteroatoms. The van der Waals surface area contributed by atoms with Gasteiger partial charge in [0, 0.05) is 37.9 Å². The van der Waals surface area contributed by atoms with Crippen LogP contribution in [0.25, 0.3) is 0 Å². The van der Waals surface area contributed by atoms with E-state index in [1.165, 1.54) is 5.56 Å². The van der Waals surface area contributed by atoms with E-state index in [0.29, 0.717) is 6.54 Å². The number of hydrogen-bond donors (Lipinski definition) is 2. The molecule has 3 N–H and O–H groups in total. The standard InChI is InChI=1S/C10H20N4/c1-3-6-14-8-10(9(2)13-14)7-12-5-4-11/h8,12H,3-7,11H2,1-2H3. The summed E-state index contributed by atoms with van der Waals surface area (Å²) in [5.74, 6) is 0. The molecule has 0 aromatic carbocycles. The molecule has 1 aromatic heterocycles. The van der Waals surface area contributed by atoms with Crippen molar-refractivity contribution in [3.8, 4) is 0 Å². The van der Waals surface area contributed by atoms with Gasteiger partial charge < -0.3 is 11.1 Å². The largest absolute Gasteiger partial charge is 0.329 e.